The second-order valence-electron chi connectivity index (χ2n) is 3.73. The summed E-state index contributed by atoms with van der Waals surface area (Å²) in [5.74, 6) is -0.102. The quantitative estimate of drug-likeness (QED) is 0.347. The summed E-state index contributed by atoms with van der Waals surface area (Å²) in [4.78, 5) is 10.5. The molecule has 0 aromatic heterocycles. The lowest BCUT2D eigenvalue weighted by Gasteiger charge is -1.96. The van der Waals surface area contributed by atoms with Crippen molar-refractivity contribution in [2.45, 2.75) is 51.4 Å². The summed E-state index contributed by atoms with van der Waals surface area (Å²) < 4.78 is 18.0. The van der Waals surface area contributed by atoms with Crippen LogP contribution in [0.5, 0.6) is 0 Å². The average molecular weight is 392 g/mol. The first-order valence-corrected chi connectivity index (χ1v) is 8.52. The number of unbranched alkanes of at least 4 members (excludes halogenated alkanes) is 4. The van der Waals surface area contributed by atoms with E-state index in [4.69, 9.17) is 7.85 Å². The van der Waals surface area contributed by atoms with Crippen LogP contribution in [0, 0.1) is 0 Å². The van der Waals surface area contributed by atoms with E-state index < -0.39 is 6.56 Å². The van der Waals surface area contributed by atoms with Crippen molar-refractivity contribution in [1.82, 2.24) is 0 Å². The number of halogens is 2. The molecule has 0 spiro atoms. The summed E-state index contributed by atoms with van der Waals surface area (Å²) in [6, 6.07) is 0. The molecule has 0 aromatic rings. The number of carbonyl (C=O) groups excluding carboxylic acids is 1. The third-order valence-corrected chi connectivity index (χ3v) is 3.29. The summed E-state index contributed by atoms with van der Waals surface area (Å²) in [6.07, 6.45) is 6.77. The van der Waals surface area contributed by atoms with E-state index >= 15 is 0 Å². The van der Waals surface area contributed by atoms with Crippen molar-refractivity contribution in [2.75, 3.05) is 24.3 Å². The van der Waals surface area contributed by atoms with Gasteiger partial charge in [-0.05, 0) is 25.7 Å². The van der Waals surface area contributed by atoms with Crippen molar-refractivity contribution in [2.24, 2.45) is 0 Å². The number of esters is 1. The van der Waals surface area contributed by atoms with Gasteiger partial charge in [0.25, 0.3) is 0 Å². The predicted octanol–water partition coefficient (Wildman–Crippen LogP) is 4.05. The van der Waals surface area contributed by atoms with E-state index in [1.54, 1.807) is 0 Å². The number of hydrogen-bond donors (Lipinski definition) is 1. The first-order valence-electron chi connectivity index (χ1n) is 7.28. The van der Waals surface area contributed by atoms with Crippen molar-refractivity contribution < 1.29 is 17.4 Å². The van der Waals surface area contributed by atoms with Gasteiger partial charge in [-0.1, -0.05) is 51.1 Å². The minimum absolute atomic E-state index is 0.102. The number of hydrogen-bond acceptors (Lipinski definition) is 3. The van der Waals surface area contributed by atoms with Gasteiger partial charge in [0, 0.05) is 23.6 Å². The fourth-order valence-corrected chi connectivity index (χ4v) is 1.91. The molecule has 0 amide bonds. The zero-order valence-corrected chi connectivity index (χ0v) is 14.3. The molecule has 0 unspecified atom stereocenters. The molecular weight excluding hydrogens is 364 g/mol. The fourth-order valence-electron chi connectivity index (χ4n) is 1.12. The van der Waals surface area contributed by atoms with Gasteiger partial charge in [0.2, 0.25) is 0 Å². The first-order chi connectivity index (χ1) is 9.37. The standard InChI is InChI=1S/C7H13BrO2.C6H13BrO/c1-10-7(9)5-3-2-4-6-8;7-5-3-1-2-4-6-8/h2-6H2,1H3;8H,1-6H2/i;6D2. The van der Waals surface area contributed by atoms with Crippen LogP contribution in [0.2, 0.25) is 0 Å². The molecule has 0 saturated heterocycles. The van der Waals surface area contributed by atoms with Crippen molar-refractivity contribution in [3.63, 3.8) is 0 Å². The molecule has 1 N–H and O–H groups in total. The summed E-state index contributed by atoms with van der Waals surface area (Å²) in [6.45, 7) is -1.97. The third-order valence-electron chi connectivity index (χ3n) is 2.16. The van der Waals surface area contributed by atoms with Gasteiger partial charge in [-0.25, -0.2) is 0 Å². The van der Waals surface area contributed by atoms with Crippen molar-refractivity contribution in [1.29, 1.82) is 0 Å². The molecule has 0 saturated carbocycles. The molecule has 0 aromatic carbocycles. The summed E-state index contributed by atoms with van der Waals surface area (Å²) in [7, 11) is 1.42. The number of methoxy groups -OCH3 is 1. The summed E-state index contributed by atoms with van der Waals surface area (Å²) in [5, 5.41) is 10.6. The third kappa shape index (κ3) is 21.7. The van der Waals surface area contributed by atoms with Crippen LogP contribution in [0.4, 0.5) is 0 Å². The lowest BCUT2D eigenvalue weighted by atomic mass is 10.2. The fraction of sp³-hybridized carbons (Fsp3) is 0.923. The van der Waals surface area contributed by atoms with E-state index in [1.165, 1.54) is 7.11 Å². The van der Waals surface area contributed by atoms with Gasteiger partial charge in [-0.3, -0.25) is 4.79 Å². The highest BCUT2D eigenvalue weighted by atomic mass is 79.9. The Bertz CT molecular complexity index is 224. The highest BCUT2D eigenvalue weighted by molar-refractivity contribution is 9.09. The predicted molar refractivity (Wildman–Crippen MR) is 83.6 cm³/mol. The van der Waals surface area contributed by atoms with Crippen LogP contribution in [0.25, 0.3) is 0 Å². The molecule has 18 heavy (non-hydrogen) atoms. The molecule has 0 aliphatic carbocycles. The summed E-state index contributed by atoms with van der Waals surface area (Å²) >= 11 is 6.59. The monoisotopic (exact) mass is 390 g/mol. The zero-order valence-electron chi connectivity index (χ0n) is 13.1. The van der Waals surface area contributed by atoms with Gasteiger partial charge < -0.3 is 9.84 Å². The Morgan fingerprint density at radius 2 is 1.56 bits per heavy atom. The average Bonchev–Trinajstić information content (AvgIpc) is 2.39. The molecule has 0 bridgehead atoms. The molecule has 0 radical (unpaired) electrons. The van der Waals surface area contributed by atoms with Gasteiger partial charge in [0.15, 0.2) is 0 Å². The molecule has 5 heteroatoms. The smallest absolute Gasteiger partial charge is 0.305 e. The second kappa shape index (κ2) is 19.7. The largest absolute Gasteiger partial charge is 0.469 e. The van der Waals surface area contributed by atoms with E-state index in [2.05, 4.69) is 36.6 Å². The van der Waals surface area contributed by atoms with Gasteiger partial charge >= 0.3 is 5.97 Å². The topological polar surface area (TPSA) is 46.5 Å². The van der Waals surface area contributed by atoms with Crippen LogP contribution in [-0.4, -0.2) is 35.4 Å². The number of alkyl halides is 2. The molecule has 0 fully saturated rings. The maximum atomic E-state index is 10.5. The molecule has 0 atom stereocenters. The maximum Gasteiger partial charge on any atom is 0.305 e. The molecule has 0 rings (SSSR count). The van der Waals surface area contributed by atoms with E-state index in [-0.39, 0.29) is 12.4 Å². The normalized spacial score (nSPS) is 12.0. The first kappa shape index (κ1) is 16.4. The minimum atomic E-state index is -1.97. The Labute approximate surface area is 131 Å². The minimum Gasteiger partial charge on any atom is -0.469 e. The molecule has 3 nitrogen and oxygen atoms in total. The van der Waals surface area contributed by atoms with Gasteiger partial charge in [0.1, 0.15) is 0 Å². The van der Waals surface area contributed by atoms with Crippen LogP contribution in [0.3, 0.4) is 0 Å². The highest BCUT2D eigenvalue weighted by Crippen LogP contribution is 2.02. The zero-order chi connectivity index (χ0) is 15.9. The van der Waals surface area contributed by atoms with Crippen LogP contribution in [-0.2, 0) is 9.53 Å². The molecular formula is C13H26Br2O3. The second-order valence-corrected chi connectivity index (χ2v) is 5.32. The Balaban J connectivity index is 0. The molecule has 0 aliphatic heterocycles. The van der Waals surface area contributed by atoms with Gasteiger partial charge in [0.05, 0.1) is 9.85 Å². The van der Waals surface area contributed by atoms with Crippen LogP contribution < -0.4 is 0 Å². The maximum absolute atomic E-state index is 10.5. The van der Waals surface area contributed by atoms with Crippen molar-refractivity contribution >= 4 is 37.8 Å². The molecule has 110 valence electrons. The van der Waals surface area contributed by atoms with E-state index in [0.29, 0.717) is 6.42 Å². The van der Waals surface area contributed by atoms with E-state index in [9.17, 15) is 4.79 Å². The highest BCUT2D eigenvalue weighted by Gasteiger charge is 1.97. The van der Waals surface area contributed by atoms with Crippen molar-refractivity contribution in [3.05, 3.63) is 0 Å². The SMILES string of the molecule is COC(=O)CCCCCBr.[2H]C([2H])(O)CCCCCBr. The van der Waals surface area contributed by atoms with Crippen LogP contribution in [0.1, 0.15) is 54.1 Å². The Morgan fingerprint density at radius 3 is 2.00 bits per heavy atom. The van der Waals surface area contributed by atoms with Crippen LogP contribution in [0.15, 0.2) is 0 Å². The number of rotatable bonds is 10. The Hall–Kier alpha value is 0.390. The Kier molecular flexibility index (Phi) is 18.0. The summed E-state index contributed by atoms with van der Waals surface area (Å²) in [5.41, 5.74) is 0. The lowest BCUT2D eigenvalue weighted by molar-refractivity contribution is -0.140. The van der Waals surface area contributed by atoms with E-state index in [0.717, 1.165) is 49.2 Å². The van der Waals surface area contributed by atoms with Crippen molar-refractivity contribution in [3.8, 4) is 0 Å². The number of ether oxygens (including phenoxy) is 1. The van der Waals surface area contributed by atoms with E-state index in [1.807, 2.05) is 0 Å². The van der Waals surface area contributed by atoms with Gasteiger partial charge in [-0.15, -0.1) is 0 Å². The van der Waals surface area contributed by atoms with Crippen LogP contribution >= 0.6 is 31.9 Å². The number of aliphatic hydroxyl groups is 1. The molecule has 0 heterocycles. The molecule has 0 aliphatic rings. The Morgan fingerprint density at radius 1 is 1.06 bits per heavy atom. The number of carbonyl (C=O) groups is 1. The lowest BCUT2D eigenvalue weighted by Crippen LogP contribution is -1.99. The van der Waals surface area contributed by atoms with Gasteiger partial charge in [-0.2, -0.15) is 0 Å².